The molecule has 1 amide bonds. The first kappa shape index (κ1) is 15.3. The van der Waals surface area contributed by atoms with Gasteiger partial charge in [-0.3, -0.25) is 0 Å². The first-order valence-corrected chi connectivity index (χ1v) is 7.01. The van der Waals surface area contributed by atoms with Crippen LogP contribution in [0.2, 0.25) is 0 Å². The standard InChI is InChI=1S/C11H17N3O4S/c1-7-3-4-8(2)10(9(7)12)19(16,17)14-5-6-18-11(13)15/h3-4,14H,5-6,12H2,1-2H3,(H2,13,15). The summed E-state index contributed by atoms with van der Waals surface area (Å²) in [6.07, 6.45) is -0.953. The second-order valence-electron chi connectivity index (χ2n) is 4.01. The minimum atomic E-state index is -3.75. The van der Waals surface area contributed by atoms with E-state index >= 15 is 0 Å². The van der Waals surface area contributed by atoms with E-state index in [-0.39, 0.29) is 23.7 Å². The molecule has 0 saturated carbocycles. The number of amides is 1. The first-order chi connectivity index (χ1) is 8.75. The number of sulfonamides is 1. The van der Waals surface area contributed by atoms with Crippen molar-refractivity contribution in [1.29, 1.82) is 0 Å². The van der Waals surface area contributed by atoms with Gasteiger partial charge in [-0.15, -0.1) is 0 Å². The van der Waals surface area contributed by atoms with Crippen molar-refractivity contribution in [1.82, 2.24) is 4.72 Å². The van der Waals surface area contributed by atoms with Gasteiger partial charge in [0.1, 0.15) is 11.5 Å². The molecule has 1 aromatic rings. The summed E-state index contributed by atoms with van der Waals surface area (Å²) >= 11 is 0. The molecule has 0 radical (unpaired) electrons. The van der Waals surface area contributed by atoms with Crippen LogP contribution in [-0.4, -0.2) is 27.7 Å². The maximum atomic E-state index is 12.1. The van der Waals surface area contributed by atoms with Crippen molar-refractivity contribution in [2.45, 2.75) is 18.7 Å². The van der Waals surface area contributed by atoms with Gasteiger partial charge in [0.05, 0.1) is 5.69 Å². The van der Waals surface area contributed by atoms with Gasteiger partial charge < -0.3 is 16.2 Å². The molecule has 7 nitrogen and oxygen atoms in total. The Morgan fingerprint density at radius 1 is 1.32 bits per heavy atom. The molecule has 1 aromatic carbocycles. The molecule has 0 unspecified atom stereocenters. The quantitative estimate of drug-likeness (QED) is 0.529. The van der Waals surface area contributed by atoms with Crippen molar-refractivity contribution in [3.8, 4) is 0 Å². The van der Waals surface area contributed by atoms with Gasteiger partial charge in [0.15, 0.2) is 0 Å². The molecule has 0 heterocycles. The average molecular weight is 287 g/mol. The van der Waals surface area contributed by atoms with E-state index in [4.69, 9.17) is 11.5 Å². The molecular weight excluding hydrogens is 270 g/mol. The van der Waals surface area contributed by atoms with E-state index in [0.717, 1.165) is 0 Å². The summed E-state index contributed by atoms with van der Waals surface area (Å²) in [6, 6.07) is 3.43. The number of nitrogens with one attached hydrogen (secondary N) is 1. The molecule has 0 aliphatic rings. The van der Waals surface area contributed by atoms with E-state index in [0.29, 0.717) is 11.1 Å². The Balaban J connectivity index is 2.89. The highest BCUT2D eigenvalue weighted by Crippen LogP contribution is 2.25. The molecule has 0 atom stereocenters. The molecule has 1 rings (SSSR count). The number of primary amides is 1. The number of hydrogen-bond acceptors (Lipinski definition) is 5. The fourth-order valence-corrected chi connectivity index (χ4v) is 3.00. The Labute approximate surface area is 112 Å². The number of ether oxygens (including phenoxy) is 1. The highest BCUT2D eigenvalue weighted by molar-refractivity contribution is 7.89. The smallest absolute Gasteiger partial charge is 0.404 e. The van der Waals surface area contributed by atoms with Gasteiger partial charge in [0.2, 0.25) is 10.0 Å². The zero-order chi connectivity index (χ0) is 14.6. The molecule has 5 N–H and O–H groups in total. The summed E-state index contributed by atoms with van der Waals surface area (Å²) in [5.74, 6) is 0. The molecule has 8 heteroatoms. The number of rotatable bonds is 5. The monoisotopic (exact) mass is 287 g/mol. The maximum Gasteiger partial charge on any atom is 0.404 e. The van der Waals surface area contributed by atoms with Crippen LogP contribution < -0.4 is 16.2 Å². The van der Waals surface area contributed by atoms with Gasteiger partial charge in [0, 0.05) is 6.54 Å². The van der Waals surface area contributed by atoms with E-state index < -0.39 is 16.1 Å². The summed E-state index contributed by atoms with van der Waals surface area (Å²) in [5.41, 5.74) is 12.0. The predicted octanol–water partition coefficient (Wildman–Crippen LogP) is 0.259. The van der Waals surface area contributed by atoms with Crippen molar-refractivity contribution < 1.29 is 17.9 Å². The lowest BCUT2D eigenvalue weighted by atomic mass is 10.1. The molecule has 0 aliphatic heterocycles. The van der Waals surface area contributed by atoms with Gasteiger partial charge in [-0.25, -0.2) is 17.9 Å². The molecule has 0 aliphatic carbocycles. The van der Waals surface area contributed by atoms with Crippen molar-refractivity contribution in [3.05, 3.63) is 23.3 Å². The van der Waals surface area contributed by atoms with E-state index in [9.17, 15) is 13.2 Å². The summed E-state index contributed by atoms with van der Waals surface area (Å²) < 4.78 is 31.0. The van der Waals surface area contributed by atoms with Crippen LogP contribution in [0, 0.1) is 13.8 Å². The van der Waals surface area contributed by atoms with Crippen molar-refractivity contribution in [2.24, 2.45) is 5.73 Å². The molecule has 0 bridgehead atoms. The lowest BCUT2D eigenvalue weighted by molar-refractivity contribution is 0.159. The van der Waals surface area contributed by atoms with Crippen molar-refractivity contribution in [3.63, 3.8) is 0 Å². The maximum absolute atomic E-state index is 12.1. The fourth-order valence-electron chi connectivity index (χ4n) is 1.56. The van der Waals surface area contributed by atoms with Crippen LogP contribution in [0.3, 0.4) is 0 Å². The highest BCUT2D eigenvalue weighted by Gasteiger charge is 2.20. The minimum absolute atomic E-state index is 0.0478. The fraction of sp³-hybridized carbons (Fsp3) is 0.364. The number of nitrogens with two attached hydrogens (primary N) is 2. The van der Waals surface area contributed by atoms with Crippen LogP contribution in [0.5, 0.6) is 0 Å². The Morgan fingerprint density at radius 3 is 2.47 bits per heavy atom. The molecule has 0 spiro atoms. The van der Waals surface area contributed by atoms with Gasteiger partial charge in [0.25, 0.3) is 0 Å². The van der Waals surface area contributed by atoms with Crippen LogP contribution in [0.15, 0.2) is 17.0 Å². The first-order valence-electron chi connectivity index (χ1n) is 5.53. The van der Waals surface area contributed by atoms with Crippen LogP contribution in [0.1, 0.15) is 11.1 Å². The number of hydrogen-bond donors (Lipinski definition) is 3. The van der Waals surface area contributed by atoms with E-state index in [1.165, 1.54) is 0 Å². The lowest BCUT2D eigenvalue weighted by Gasteiger charge is -2.13. The van der Waals surface area contributed by atoms with Crippen LogP contribution in [0.4, 0.5) is 10.5 Å². The minimum Gasteiger partial charge on any atom is -0.448 e. The van der Waals surface area contributed by atoms with Crippen molar-refractivity contribution in [2.75, 3.05) is 18.9 Å². The number of benzene rings is 1. The summed E-state index contributed by atoms with van der Waals surface area (Å²) in [6.45, 7) is 3.17. The Bertz CT molecular complexity index is 584. The number of carbonyl (C=O) groups excluding carboxylic acids is 1. The van der Waals surface area contributed by atoms with E-state index in [1.807, 2.05) is 0 Å². The molecule has 0 saturated heterocycles. The van der Waals surface area contributed by atoms with Gasteiger partial charge >= 0.3 is 6.09 Å². The summed E-state index contributed by atoms with van der Waals surface area (Å²) in [4.78, 5) is 10.4. The zero-order valence-corrected chi connectivity index (χ0v) is 11.6. The van der Waals surface area contributed by atoms with Crippen LogP contribution in [0.25, 0.3) is 0 Å². The Morgan fingerprint density at radius 2 is 1.89 bits per heavy atom. The second-order valence-corrected chi connectivity index (χ2v) is 5.71. The van der Waals surface area contributed by atoms with E-state index in [2.05, 4.69) is 9.46 Å². The molecule has 0 fully saturated rings. The molecule has 106 valence electrons. The number of anilines is 1. The SMILES string of the molecule is Cc1ccc(C)c(S(=O)(=O)NCCOC(N)=O)c1N. The number of nitrogen functional groups attached to an aromatic ring is 1. The molecular formula is C11H17N3O4S. The van der Waals surface area contributed by atoms with Gasteiger partial charge in [-0.05, 0) is 25.0 Å². The Kier molecular flexibility index (Phi) is 4.73. The van der Waals surface area contributed by atoms with Crippen molar-refractivity contribution >= 4 is 21.8 Å². The predicted molar refractivity (Wildman–Crippen MR) is 71.1 cm³/mol. The highest BCUT2D eigenvalue weighted by atomic mass is 32.2. The van der Waals surface area contributed by atoms with Gasteiger partial charge in [-0.1, -0.05) is 12.1 Å². The zero-order valence-electron chi connectivity index (χ0n) is 10.8. The van der Waals surface area contributed by atoms with E-state index in [1.54, 1.807) is 26.0 Å². The average Bonchev–Trinajstić information content (AvgIpc) is 2.29. The molecule has 0 aromatic heterocycles. The normalized spacial score (nSPS) is 11.3. The third-order valence-corrected chi connectivity index (χ3v) is 4.18. The number of carbonyl (C=O) groups is 1. The Hall–Kier alpha value is -1.80. The van der Waals surface area contributed by atoms with Crippen LogP contribution >= 0.6 is 0 Å². The topological polar surface area (TPSA) is 125 Å². The van der Waals surface area contributed by atoms with Gasteiger partial charge in [-0.2, -0.15) is 0 Å². The second kappa shape index (κ2) is 5.89. The number of aryl methyl sites for hydroxylation is 2. The summed E-state index contributed by atoms with van der Waals surface area (Å²) in [5, 5.41) is 0. The molecule has 19 heavy (non-hydrogen) atoms. The lowest BCUT2D eigenvalue weighted by Crippen LogP contribution is -2.30. The third kappa shape index (κ3) is 3.83. The summed E-state index contributed by atoms with van der Waals surface area (Å²) in [7, 11) is -3.75. The largest absolute Gasteiger partial charge is 0.448 e. The third-order valence-electron chi connectivity index (χ3n) is 2.52. The van der Waals surface area contributed by atoms with Crippen LogP contribution in [-0.2, 0) is 14.8 Å².